The van der Waals surface area contributed by atoms with Crippen molar-refractivity contribution >= 4 is 22.9 Å². The number of thiophene rings is 1. The Morgan fingerprint density at radius 2 is 2.16 bits per heavy atom. The fourth-order valence-corrected chi connectivity index (χ4v) is 3.73. The lowest BCUT2D eigenvalue weighted by atomic mass is 10.0. The van der Waals surface area contributed by atoms with E-state index in [-0.39, 0.29) is 11.8 Å². The average molecular weight is 353 g/mol. The summed E-state index contributed by atoms with van der Waals surface area (Å²) in [5, 5.41) is 6.04. The minimum atomic E-state index is -0.0589. The first kappa shape index (κ1) is 16.0. The number of hydrogen-bond donors (Lipinski definition) is 0. The minimum Gasteiger partial charge on any atom is -0.339 e. The molecule has 6 heteroatoms. The highest BCUT2D eigenvalue weighted by Crippen LogP contribution is 2.33. The van der Waals surface area contributed by atoms with Gasteiger partial charge in [-0.3, -0.25) is 4.79 Å². The van der Waals surface area contributed by atoms with Gasteiger partial charge in [-0.05, 0) is 35.1 Å². The predicted molar refractivity (Wildman–Crippen MR) is 97.9 cm³/mol. The number of aromatic nitrogens is 2. The second kappa shape index (κ2) is 6.44. The number of carbonyl (C=O) groups excluding carboxylic acids is 1. The summed E-state index contributed by atoms with van der Waals surface area (Å²) in [6.45, 7) is 4.88. The first-order chi connectivity index (χ1) is 12.1. The lowest BCUT2D eigenvalue weighted by Crippen LogP contribution is -2.24. The maximum atomic E-state index is 12.5. The molecule has 1 aromatic carbocycles. The smallest absolute Gasteiger partial charge is 0.232 e. The Morgan fingerprint density at radius 1 is 1.28 bits per heavy atom. The van der Waals surface area contributed by atoms with E-state index in [4.69, 9.17) is 4.52 Å². The van der Waals surface area contributed by atoms with Crippen molar-refractivity contribution in [2.75, 3.05) is 11.4 Å². The molecule has 0 radical (unpaired) electrons. The van der Waals surface area contributed by atoms with E-state index in [0.29, 0.717) is 30.6 Å². The SMILES string of the molecule is CC(C)c1cccc(N2CC(c3nc(-c4cccs4)no3)CC2=O)c1. The molecule has 128 valence electrons. The van der Waals surface area contributed by atoms with Gasteiger partial charge in [-0.25, -0.2) is 0 Å². The molecule has 4 rings (SSSR count). The normalized spacial score (nSPS) is 17.6. The minimum absolute atomic E-state index is 0.0589. The summed E-state index contributed by atoms with van der Waals surface area (Å²) < 4.78 is 5.43. The maximum absolute atomic E-state index is 12.5. The van der Waals surface area contributed by atoms with Crippen molar-refractivity contribution in [3.8, 4) is 10.7 Å². The molecule has 1 atom stereocenters. The molecule has 0 aliphatic carbocycles. The third kappa shape index (κ3) is 3.09. The Labute approximate surface area is 150 Å². The number of anilines is 1. The summed E-state index contributed by atoms with van der Waals surface area (Å²) in [5.74, 6) is 1.60. The Hall–Kier alpha value is -2.47. The largest absolute Gasteiger partial charge is 0.339 e. The lowest BCUT2D eigenvalue weighted by molar-refractivity contribution is -0.117. The molecule has 0 bridgehead atoms. The van der Waals surface area contributed by atoms with Gasteiger partial charge < -0.3 is 9.42 Å². The van der Waals surface area contributed by atoms with Crippen molar-refractivity contribution < 1.29 is 9.32 Å². The van der Waals surface area contributed by atoms with Gasteiger partial charge in [-0.15, -0.1) is 11.3 Å². The van der Waals surface area contributed by atoms with Crippen LogP contribution < -0.4 is 4.90 Å². The van der Waals surface area contributed by atoms with Gasteiger partial charge in [-0.2, -0.15) is 4.98 Å². The number of carbonyl (C=O) groups is 1. The van der Waals surface area contributed by atoms with Crippen molar-refractivity contribution in [2.24, 2.45) is 0 Å². The van der Waals surface area contributed by atoms with E-state index in [9.17, 15) is 4.79 Å². The van der Waals surface area contributed by atoms with Crippen LogP contribution in [0.2, 0.25) is 0 Å². The molecule has 1 saturated heterocycles. The van der Waals surface area contributed by atoms with Crippen LogP contribution in [-0.4, -0.2) is 22.6 Å². The van der Waals surface area contributed by atoms with E-state index in [1.54, 1.807) is 11.3 Å². The van der Waals surface area contributed by atoms with Gasteiger partial charge in [0.05, 0.1) is 10.8 Å². The number of nitrogens with zero attached hydrogens (tertiary/aromatic N) is 3. The van der Waals surface area contributed by atoms with E-state index in [1.165, 1.54) is 5.56 Å². The zero-order valence-corrected chi connectivity index (χ0v) is 15.0. The molecule has 2 aromatic heterocycles. The molecule has 3 heterocycles. The highest BCUT2D eigenvalue weighted by Gasteiger charge is 2.35. The molecular weight excluding hydrogens is 334 g/mol. The van der Waals surface area contributed by atoms with Gasteiger partial charge in [0.2, 0.25) is 17.6 Å². The number of rotatable bonds is 4. The first-order valence-corrected chi connectivity index (χ1v) is 9.27. The monoisotopic (exact) mass is 353 g/mol. The molecule has 0 N–H and O–H groups in total. The summed E-state index contributed by atoms with van der Waals surface area (Å²) in [7, 11) is 0. The summed E-state index contributed by atoms with van der Waals surface area (Å²) >= 11 is 1.57. The molecule has 1 amide bonds. The molecular formula is C19H19N3O2S. The van der Waals surface area contributed by atoms with Gasteiger partial charge in [0.1, 0.15) is 0 Å². The molecule has 1 unspecified atom stereocenters. The van der Waals surface area contributed by atoms with E-state index in [0.717, 1.165) is 10.6 Å². The molecule has 5 nitrogen and oxygen atoms in total. The van der Waals surface area contributed by atoms with Crippen LogP contribution in [0.25, 0.3) is 10.7 Å². The Kier molecular flexibility index (Phi) is 4.13. The van der Waals surface area contributed by atoms with Crippen LogP contribution in [-0.2, 0) is 4.79 Å². The lowest BCUT2D eigenvalue weighted by Gasteiger charge is -2.18. The van der Waals surface area contributed by atoms with Gasteiger partial charge in [0.15, 0.2) is 0 Å². The third-order valence-corrected chi connectivity index (χ3v) is 5.37. The van der Waals surface area contributed by atoms with Gasteiger partial charge in [-0.1, -0.05) is 37.2 Å². The molecule has 0 spiro atoms. The predicted octanol–water partition coefficient (Wildman–Crippen LogP) is 4.44. The zero-order valence-electron chi connectivity index (χ0n) is 14.2. The zero-order chi connectivity index (χ0) is 17.4. The van der Waals surface area contributed by atoms with Crippen molar-refractivity contribution in [3.63, 3.8) is 0 Å². The molecule has 0 saturated carbocycles. The Morgan fingerprint density at radius 3 is 2.92 bits per heavy atom. The topological polar surface area (TPSA) is 59.2 Å². The second-order valence-corrected chi connectivity index (χ2v) is 7.54. The first-order valence-electron chi connectivity index (χ1n) is 8.39. The van der Waals surface area contributed by atoms with Crippen molar-refractivity contribution in [2.45, 2.75) is 32.1 Å². The Bertz CT molecular complexity index is 886. The van der Waals surface area contributed by atoms with Crippen molar-refractivity contribution in [3.05, 3.63) is 53.2 Å². The molecule has 1 aliphatic heterocycles. The quantitative estimate of drug-likeness (QED) is 0.696. The van der Waals surface area contributed by atoms with Crippen LogP contribution in [0.4, 0.5) is 5.69 Å². The fourth-order valence-electron chi connectivity index (χ4n) is 3.08. The molecule has 1 aliphatic rings. The number of hydrogen-bond acceptors (Lipinski definition) is 5. The highest BCUT2D eigenvalue weighted by molar-refractivity contribution is 7.13. The summed E-state index contributed by atoms with van der Waals surface area (Å²) in [4.78, 5) is 19.8. The standard InChI is InChI=1S/C19H19N3O2S/c1-12(2)13-5-3-6-15(9-13)22-11-14(10-17(22)23)19-20-18(21-24-19)16-7-4-8-25-16/h3-9,12,14H,10-11H2,1-2H3. The highest BCUT2D eigenvalue weighted by atomic mass is 32.1. The molecule has 1 fully saturated rings. The van der Waals surface area contributed by atoms with Crippen molar-refractivity contribution in [1.29, 1.82) is 0 Å². The van der Waals surface area contributed by atoms with Crippen LogP contribution >= 0.6 is 11.3 Å². The summed E-state index contributed by atoms with van der Waals surface area (Å²) in [6.07, 6.45) is 0.401. The number of amides is 1. The fraction of sp³-hybridized carbons (Fsp3) is 0.316. The molecule has 25 heavy (non-hydrogen) atoms. The average Bonchev–Trinajstić information content (AvgIpc) is 3.34. The van der Waals surface area contributed by atoms with Crippen molar-refractivity contribution in [1.82, 2.24) is 10.1 Å². The third-order valence-electron chi connectivity index (χ3n) is 4.51. The van der Waals surface area contributed by atoms with Gasteiger partial charge in [0, 0.05) is 18.7 Å². The second-order valence-electron chi connectivity index (χ2n) is 6.59. The van der Waals surface area contributed by atoms with Gasteiger partial charge in [0.25, 0.3) is 0 Å². The summed E-state index contributed by atoms with van der Waals surface area (Å²) in [5.41, 5.74) is 2.17. The van der Waals surface area contributed by atoms with Crippen LogP contribution in [0.15, 0.2) is 46.3 Å². The number of benzene rings is 1. The van der Waals surface area contributed by atoms with E-state index < -0.39 is 0 Å². The van der Waals surface area contributed by atoms with Crippen LogP contribution in [0.3, 0.4) is 0 Å². The Balaban J connectivity index is 1.55. The molecule has 3 aromatic rings. The summed E-state index contributed by atoms with van der Waals surface area (Å²) in [6, 6.07) is 12.1. The van der Waals surface area contributed by atoms with Crippen LogP contribution in [0.1, 0.15) is 43.6 Å². The van der Waals surface area contributed by atoms with Crippen LogP contribution in [0, 0.1) is 0 Å². The van der Waals surface area contributed by atoms with Gasteiger partial charge >= 0.3 is 0 Å². The maximum Gasteiger partial charge on any atom is 0.232 e. The van der Waals surface area contributed by atoms with E-state index in [1.807, 2.05) is 34.5 Å². The van der Waals surface area contributed by atoms with E-state index >= 15 is 0 Å². The van der Waals surface area contributed by atoms with Crippen LogP contribution in [0.5, 0.6) is 0 Å². The van der Waals surface area contributed by atoms with E-state index in [2.05, 4.69) is 36.1 Å².